The normalized spacial score (nSPS) is 18.5. The van der Waals surface area contributed by atoms with Gasteiger partial charge in [-0.25, -0.2) is 24.3 Å². The smallest absolute Gasteiger partial charge is 0.246 e. The summed E-state index contributed by atoms with van der Waals surface area (Å²) in [6.45, 7) is 1.77. The monoisotopic (exact) mass is 409 g/mol. The second kappa shape index (κ2) is 7.59. The molecule has 0 fully saturated rings. The van der Waals surface area contributed by atoms with Crippen molar-refractivity contribution in [1.29, 1.82) is 0 Å². The van der Waals surface area contributed by atoms with Gasteiger partial charge in [-0.1, -0.05) is 17.8 Å². The molecule has 0 amide bonds. The summed E-state index contributed by atoms with van der Waals surface area (Å²) in [6, 6.07) is 4.55. The zero-order valence-electron chi connectivity index (χ0n) is 15.4. The number of ketones is 1. The van der Waals surface area contributed by atoms with Crippen LogP contribution in [0.2, 0.25) is 0 Å². The first-order valence-electron chi connectivity index (χ1n) is 8.68. The quantitative estimate of drug-likeness (QED) is 0.643. The number of amidine groups is 1. The number of thioether (sulfide) groups is 1. The van der Waals surface area contributed by atoms with Gasteiger partial charge >= 0.3 is 0 Å². The zero-order chi connectivity index (χ0) is 20.4. The van der Waals surface area contributed by atoms with Crippen molar-refractivity contribution >= 4 is 22.7 Å². The number of oxazole rings is 1. The maximum Gasteiger partial charge on any atom is 0.246 e. The third kappa shape index (κ3) is 3.95. The summed E-state index contributed by atoms with van der Waals surface area (Å²) in [5.41, 5.74) is 6.51. The maximum absolute atomic E-state index is 14.5. The zero-order valence-corrected chi connectivity index (χ0v) is 16.2. The van der Waals surface area contributed by atoms with Crippen LogP contribution in [0.4, 0.5) is 4.39 Å². The van der Waals surface area contributed by atoms with Crippen LogP contribution in [0.5, 0.6) is 0 Å². The third-order valence-corrected chi connectivity index (χ3v) is 5.06. The highest BCUT2D eigenvalue weighted by Crippen LogP contribution is 2.34. The topological polar surface area (TPSA) is 107 Å². The van der Waals surface area contributed by atoms with Gasteiger partial charge in [-0.2, -0.15) is 0 Å². The molecule has 0 aliphatic carbocycles. The van der Waals surface area contributed by atoms with Crippen molar-refractivity contribution in [2.75, 3.05) is 0 Å². The van der Waals surface area contributed by atoms with Gasteiger partial charge in [0, 0.05) is 12.0 Å². The molecule has 0 spiro atoms. The van der Waals surface area contributed by atoms with E-state index in [-0.39, 0.29) is 17.9 Å². The van der Waals surface area contributed by atoms with Crippen molar-refractivity contribution in [2.45, 2.75) is 18.9 Å². The van der Waals surface area contributed by atoms with Crippen LogP contribution in [-0.4, -0.2) is 25.9 Å². The number of aliphatic imine (C=N–C) groups is 1. The first kappa shape index (κ1) is 19.0. The van der Waals surface area contributed by atoms with Gasteiger partial charge in [-0.3, -0.25) is 4.79 Å². The largest absolute Gasteiger partial charge is 0.443 e. The predicted octanol–water partition coefficient (Wildman–Crippen LogP) is 3.49. The molecule has 0 bridgehead atoms. The molecule has 9 heteroatoms. The van der Waals surface area contributed by atoms with Crippen LogP contribution in [-0.2, 0) is 12.0 Å². The highest BCUT2D eigenvalue weighted by Gasteiger charge is 2.29. The molecule has 3 heterocycles. The van der Waals surface area contributed by atoms with Crippen molar-refractivity contribution < 1.29 is 13.6 Å². The highest BCUT2D eigenvalue weighted by molar-refractivity contribution is 8.16. The molecule has 3 aromatic rings. The molecular formula is C20H16FN5O2S. The van der Waals surface area contributed by atoms with Gasteiger partial charge in [-0.15, -0.1) is 0 Å². The average Bonchev–Trinajstić information content (AvgIpc) is 3.24. The summed E-state index contributed by atoms with van der Waals surface area (Å²) in [4.78, 5) is 29.3. The number of benzene rings is 1. The lowest BCUT2D eigenvalue weighted by molar-refractivity contribution is 0.0987. The van der Waals surface area contributed by atoms with Gasteiger partial charge in [0.2, 0.25) is 5.89 Å². The number of hydrogen-bond acceptors (Lipinski definition) is 8. The van der Waals surface area contributed by atoms with Gasteiger partial charge < -0.3 is 10.2 Å². The minimum absolute atomic E-state index is 0.0497. The van der Waals surface area contributed by atoms with Crippen LogP contribution < -0.4 is 5.73 Å². The molecule has 7 nitrogen and oxygen atoms in total. The standard InChI is InChI=1S/C20H16FN5O2S/c1-20(4-7-29-19(22)26-20)13-8-12(2-3-14(13)21)9-17(27)15-10-25-16(11-24-15)18-23-5-6-28-18/h2-8,10-11H,9H2,1H3,(H2,22,26)/t20-/m0/s1. The minimum Gasteiger partial charge on any atom is -0.443 e. The molecule has 2 N–H and O–H groups in total. The minimum atomic E-state index is -0.921. The second-order valence-electron chi connectivity index (χ2n) is 6.56. The molecule has 4 rings (SSSR count). The SMILES string of the molecule is C[C@@]1(c2cc(CC(=O)c3cnc(-c4ncco4)cn3)ccc2F)C=CSC(N)=N1. The fourth-order valence-corrected chi connectivity index (χ4v) is 3.67. The number of nitrogens with zero attached hydrogens (tertiary/aromatic N) is 4. The maximum atomic E-state index is 14.5. The highest BCUT2D eigenvalue weighted by atomic mass is 32.2. The van der Waals surface area contributed by atoms with Crippen molar-refractivity contribution in [3.63, 3.8) is 0 Å². The summed E-state index contributed by atoms with van der Waals surface area (Å²) in [5.74, 6) is -0.324. The van der Waals surface area contributed by atoms with Gasteiger partial charge in [0.05, 0.1) is 18.6 Å². The van der Waals surface area contributed by atoms with E-state index in [1.165, 1.54) is 42.7 Å². The number of nitrogens with two attached hydrogens (primary N) is 1. The average molecular weight is 409 g/mol. The lowest BCUT2D eigenvalue weighted by Gasteiger charge is -2.26. The van der Waals surface area contributed by atoms with E-state index in [2.05, 4.69) is 19.9 Å². The number of rotatable bonds is 5. The molecule has 146 valence electrons. The number of carbonyl (C=O) groups is 1. The van der Waals surface area contributed by atoms with Gasteiger partial charge in [0.15, 0.2) is 11.0 Å². The van der Waals surface area contributed by atoms with Crippen LogP contribution in [0.25, 0.3) is 11.6 Å². The molecule has 0 saturated heterocycles. The molecule has 1 aromatic carbocycles. The van der Waals surface area contributed by atoms with E-state index in [0.29, 0.717) is 27.9 Å². The third-order valence-electron chi connectivity index (χ3n) is 4.45. The van der Waals surface area contributed by atoms with Crippen molar-refractivity contribution in [1.82, 2.24) is 15.0 Å². The van der Waals surface area contributed by atoms with E-state index >= 15 is 0 Å². The Morgan fingerprint density at radius 2 is 2.14 bits per heavy atom. The Labute approximate surface area is 170 Å². The van der Waals surface area contributed by atoms with Crippen molar-refractivity contribution in [3.8, 4) is 11.6 Å². The number of hydrogen-bond donors (Lipinski definition) is 1. The Hall–Kier alpha value is -3.33. The summed E-state index contributed by atoms with van der Waals surface area (Å²) in [6.07, 6.45) is 7.57. The Kier molecular flexibility index (Phi) is 4.98. The predicted molar refractivity (Wildman–Crippen MR) is 108 cm³/mol. The lowest BCUT2D eigenvalue weighted by atomic mass is 9.90. The van der Waals surface area contributed by atoms with Crippen molar-refractivity contribution in [2.24, 2.45) is 10.7 Å². The van der Waals surface area contributed by atoms with Gasteiger partial charge in [0.1, 0.15) is 29.0 Å². The Morgan fingerprint density at radius 1 is 1.28 bits per heavy atom. The van der Waals surface area contributed by atoms with Crippen LogP contribution in [0.15, 0.2) is 63.9 Å². The summed E-state index contributed by atoms with van der Waals surface area (Å²) >= 11 is 1.28. The fourth-order valence-electron chi connectivity index (χ4n) is 2.96. The van der Waals surface area contributed by atoms with Crippen molar-refractivity contribution in [3.05, 3.63) is 77.2 Å². The van der Waals surface area contributed by atoms with Gasteiger partial charge in [-0.05, 0) is 36.1 Å². The molecule has 1 aliphatic heterocycles. The van der Waals surface area contributed by atoms with E-state index in [1.54, 1.807) is 30.5 Å². The van der Waals surface area contributed by atoms with E-state index in [1.807, 2.05) is 0 Å². The Morgan fingerprint density at radius 3 is 2.83 bits per heavy atom. The molecule has 2 aromatic heterocycles. The number of Topliss-reactive ketones (excluding diaryl/α,β-unsaturated/α-hetero) is 1. The lowest BCUT2D eigenvalue weighted by Crippen LogP contribution is -2.25. The Bertz CT molecular complexity index is 1110. The van der Waals surface area contributed by atoms with E-state index in [4.69, 9.17) is 10.2 Å². The van der Waals surface area contributed by atoms with Gasteiger partial charge in [0.25, 0.3) is 0 Å². The molecule has 1 atom stereocenters. The van der Waals surface area contributed by atoms with Crippen LogP contribution >= 0.6 is 11.8 Å². The molecule has 0 saturated carbocycles. The van der Waals surface area contributed by atoms with Crippen LogP contribution in [0, 0.1) is 5.82 Å². The van der Waals surface area contributed by atoms with E-state index in [0.717, 1.165) is 0 Å². The van der Waals surface area contributed by atoms with Crippen LogP contribution in [0.1, 0.15) is 28.5 Å². The summed E-state index contributed by atoms with van der Waals surface area (Å²) in [7, 11) is 0. The summed E-state index contributed by atoms with van der Waals surface area (Å²) in [5, 5.41) is 2.14. The first-order chi connectivity index (χ1) is 13.9. The second-order valence-corrected chi connectivity index (χ2v) is 7.48. The molecule has 0 unspecified atom stereocenters. The first-order valence-corrected chi connectivity index (χ1v) is 9.56. The molecular weight excluding hydrogens is 393 g/mol. The number of aromatic nitrogens is 3. The summed E-state index contributed by atoms with van der Waals surface area (Å²) < 4.78 is 19.6. The molecule has 0 radical (unpaired) electrons. The number of halogens is 1. The van der Waals surface area contributed by atoms with E-state index < -0.39 is 11.4 Å². The number of carbonyl (C=O) groups excluding carboxylic acids is 1. The molecule has 1 aliphatic rings. The Balaban J connectivity index is 1.56. The fraction of sp³-hybridized carbons (Fsp3) is 0.150. The van der Waals surface area contributed by atoms with E-state index in [9.17, 15) is 9.18 Å². The van der Waals surface area contributed by atoms with Crippen LogP contribution in [0.3, 0.4) is 0 Å². The molecule has 29 heavy (non-hydrogen) atoms.